The number of amides is 1. The predicted molar refractivity (Wildman–Crippen MR) is 102 cm³/mol. The van der Waals surface area contributed by atoms with E-state index in [0.717, 1.165) is 44.0 Å². The maximum absolute atomic E-state index is 12.7. The predicted octanol–water partition coefficient (Wildman–Crippen LogP) is 3.05. The quantitative estimate of drug-likeness (QED) is 0.716. The summed E-state index contributed by atoms with van der Waals surface area (Å²) in [6, 6.07) is 9.65. The van der Waals surface area contributed by atoms with E-state index >= 15 is 0 Å². The molecule has 0 unspecified atom stereocenters. The molecular weight excluding hydrogens is 338 g/mol. The molecule has 0 aliphatic carbocycles. The van der Waals surface area contributed by atoms with Crippen LogP contribution in [0.3, 0.4) is 0 Å². The van der Waals surface area contributed by atoms with Gasteiger partial charge in [-0.2, -0.15) is 0 Å². The second-order valence-electron chi connectivity index (χ2n) is 7.00. The summed E-state index contributed by atoms with van der Waals surface area (Å²) in [6.07, 6.45) is 9.37. The summed E-state index contributed by atoms with van der Waals surface area (Å²) in [4.78, 5) is 27.6. The first-order valence-electron chi connectivity index (χ1n) is 9.33. The number of aryl methyl sites for hydroxylation is 1. The molecule has 1 fully saturated rings. The first-order valence-corrected chi connectivity index (χ1v) is 9.33. The number of hydrogen-bond donors (Lipinski definition) is 0. The molecule has 0 spiro atoms. The molecule has 4 heterocycles. The van der Waals surface area contributed by atoms with Crippen molar-refractivity contribution in [3.8, 4) is 0 Å². The van der Waals surface area contributed by atoms with E-state index in [2.05, 4.69) is 19.5 Å². The number of carbonyl (C=O) groups is 1. The molecule has 27 heavy (non-hydrogen) atoms. The van der Waals surface area contributed by atoms with Crippen molar-refractivity contribution in [3.63, 3.8) is 0 Å². The number of rotatable bonds is 4. The Hall–Kier alpha value is -3.02. The van der Waals surface area contributed by atoms with Crippen LogP contribution in [0.5, 0.6) is 0 Å². The Morgan fingerprint density at radius 2 is 1.89 bits per heavy atom. The average molecular weight is 361 g/mol. The minimum Gasteiger partial charge on any atom is -0.337 e. The molecule has 0 N–H and O–H groups in total. The molecule has 0 saturated carbocycles. The van der Waals surface area contributed by atoms with E-state index in [9.17, 15) is 4.79 Å². The molecule has 6 heteroatoms. The highest BCUT2D eigenvalue weighted by molar-refractivity contribution is 5.92. The third-order valence-electron chi connectivity index (χ3n) is 5.10. The Bertz CT molecular complexity index is 913. The monoisotopic (exact) mass is 361 g/mol. The van der Waals surface area contributed by atoms with Crippen molar-refractivity contribution < 1.29 is 4.79 Å². The van der Waals surface area contributed by atoms with Gasteiger partial charge >= 0.3 is 0 Å². The zero-order valence-corrected chi connectivity index (χ0v) is 15.5. The maximum atomic E-state index is 12.7. The van der Waals surface area contributed by atoms with E-state index in [0.29, 0.717) is 11.6 Å². The van der Waals surface area contributed by atoms with Crippen LogP contribution in [-0.2, 0) is 6.54 Å². The molecule has 0 aromatic carbocycles. The van der Waals surface area contributed by atoms with Gasteiger partial charge in [-0.25, -0.2) is 9.97 Å². The summed E-state index contributed by atoms with van der Waals surface area (Å²) in [5.74, 6) is 1.50. The molecule has 0 atom stereocenters. The Labute approximate surface area is 158 Å². The Morgan fingerprint density at radius 3 is 2.63 bits per heavy atom. The lowest BCUT2D eigenvalue weighted by Gasteiger charge is -2.31. The van der Waals surface area contributed by atoms with Gasteiger partial charge in [0.05, 0.1) is 0 Å². The van der Waals surface area contributed by atoms with Crippen LogP contribution in [0.4, 0.5) is 0 Å². The minimum atomic E-state index is 0.0253. The van der Waals surface area contributed by atoms with E-state index < -0.39 is 0 Å². The van der Waals surface area contributed by atoms with Crippen LogP contribution in [0.2, 0.25) is 0 Å². The van der Waals surface area contributed by atoms with E-state index in [1.54, 1.807) is 6.07 Å². The Kier molecular flexibility index (Phi) is 4.96. The van der Waals surface area contributed by atoms with Gasteiger partial charge in [0.25, 0.3) is 5.91 Å². The summed E-state index contributed by atoms with van der Waals surface area (Å²) < 4.78 is 2.21. The highest BCUT2D eigenvalue weighted by Crippen LogP contribution is 2.28. The summed E-state index contributed by atoms with van der Waals surface area (Å²) in [5, 5.41) is 0. The van der Waals surface area contributed by atoms with E-state index in [-0.39, 0.29) is 5.91 Å². The fraction of sp³-hybridized carbons (Fsp3) is 0.333. The third kappa shape index (κ3) is 3.89. The molecule has 4 rings (SSSR count). The first-order chi connectivity index (χ1) is 13.2. The van der Waals surface area contributed by atoms with Gasteiger partial charge in [0.1, 0.15) is 11.5 Å². The molecule has 6 nitrogen and oxygen atoms in total. The molecule has 1 amide bonds. The van der Waals surface area contributed by atoms with Gasteiger partial charge in [0.15, 0.2) is 0 Å². The SMILES string of the molecule is Cc1cccc(C(=O)N2CCC(c3nccn3Cc3ccncc3)CC2)n1. The standard InChI is InChI=1S/C21H23N5O/c1-16-3-2-4-19(24-16)21(27)25-12-7-18(8-13-25)20-23-11-14-26(20)15-17-5-9-22-10-6-17/h2-6,9-11,14,18H,7-8,12-13,15H2,1H3. The van der Waals surface area contributed by atoms with Crippen LogP contribution in [0.15, 0.2) is 55.1 Å². The van der Waals surface area contributed by atoms with Crippen LogP contribution in [0, 0.1) is 6.92 Å². The molecule has 138 valence electrons. The number of carbonyl (C=O) groups excluding carboxylic acids is 1. The molecule has 1 aliphatic heterocycles. The van der Waals surface area contributed by atoms with Gasteiger partial charge in [-0.3, -0.25) is 9.78 Å². The van der Waals surface area contributed by atoms with E-state index in [1.165, 1.54) is 5.56 Å². The van der Waals surface area contributed by atoms with Gasteiger partial charge in [-0.15, -0.1) is 0 Å². The van der Waals surface area contributed by atoms with Crippen LogP contribution in [-0.4, -0.2) is 43.4 Å². The van der Waals surface area contributed by atoms with Gasteiger partial charge in [0.2, 0.25) is 0 Å². The molecule has 0 radical (unpaired) electrons. The zero-order valence-electron chi connectivity index (χ0n) is 15.5. The van der Waals surface area contributed by atoms with Gasteiger partial charge in [-0.05, 0) is 49.6 Å². The van der Waals surface area contributed by atoms with E-state index in [4.69, 9.17) is 0 Å². The summed E-state index contributed by atoms with van der Waals surface area (Å²) in [6.45, 7) is 4.18. The Balaban J connectivity index is 1.41. The normalized spacial score (nSPS) is 15.1. The number of piperidine rings is 1. The van der Waals surface area contributed by atoms with Gasteiger partial charge in [-0.1, -0.05) is 6.07 Å². The van der Waals surface area contributed by atoms with Crippen LogP contribution in [0.1, 0.15) is 46.3 Å². The smallest absolute Gasteiger partial charge is 0.272 e. The molecule has 1 aliphatic rings. The van der Waals surface area contributed by atoms with Crippen molar-refractivity contribution in [2.75, 3.05) is 13.1 Å². The lowest BCUT2D eigenvalue weighted by molar-refractivity contribution is 0.0704. The highest BCUT2D eigenvalue weighted by Gasteiger charge is 2.27. The van der Waals surface area contributed by atoms with Crippen LogP contribution in [0.25, 0.3) is 0 Å². The van der Waals surface area contributed by atoms with Crippen molar-refractivity contribution in [2.24, 2.45) is 0 Å². The second kappa shape index (κ2) is 7.70. The topological polar surface area (TPSA) is 63.9 Å². The molecule has 3 aromatic rings. The van der Waals surface area contributed by atoms with E-state index in [1.807, 2.05) is 60.9 Å². The minimum absolute atomic E-state index is 0.0253. The number of hydrogen-bond acceptors (Lipinski definition) is 4. The molecule has 1 saturated heterocycles. The fourth-order valence-corrected chi connectivity index (χ4v) is 3.66. The van der Waals surface area contributed by atoms with Crippen LogP contribution >= 0.6 is 0 Å². The summed E-state index contributed by atoms with van der Waals surface area (Å²) >= 11 is 0. The lowest BCUT2D eigenvalue weighted by Crippen LogP contribution is -2.38. The summed E-state index contributed by atoms with van der Waals surface area (Å²) in [5.41, 5.74) is 2.61. The first kappa shape index (κ1) is 17.4. The van der Waals surface area contributed by atoms with Gasteiger partial charge < -0.3 is 9.47 Å². The third-order valence-corrected chi connectivity index (χ3v) is 5.10. The number of likely N-dealkylation sites (tertiary alicyclic amines) is 1. The number of nitrogens with zero attached hydrogens (tertiary/aromatic N) is 5. The summed E-state index contributed by atoms with van der Waals surface area (Å²) in [7, 11) is 0. The molecular formula is C21H23N5O. The van der Waals surface area contributed by atoms with Crippen molar-refractivity contribution in [3.05, 3.63) is 77.9 Å². The van der Waals surface area contributed by atoms with Crippen molar-refractivity contribution in [1.29, 1.82) is 0 Å². The largest absolute Gasteiger partial charge is 0.337 e. The zero-order chi connectivity index (χ0) is 18.6. The maximum Gasteiger partial charge on any atom is 0.272 e. The average Bonchev–Trinajstić information content (AvgIpc) is 3.16. The fourth-order valence-electron chi connectivity index (χ4n) is 3.66. The number of aromatic nitrogens is 4. The van der Waals surface area contributed by atoms with Crippen molar-refractivity contribution in [2.45, 2.75) is 32.2 Å². The lowest BCUT2D eigenvalue weighted by atomic mass is 9.95. The molecule has 0 bridgehead atoms. The number of imidazole rings is 1. The van der Waals surface area contributed by atoms with Crippen molar-refractivity contribution >= 4 is 5.91 Å². The van der Waals surface area contributed by atoms with Crippen LogP contribution < -0.4 is 0 Å². The Morgan fingerprint density at radius 1 is 1.11 bits per heavy atom. The van der Waals surface area contributed by atoms with Crippen molar-refractivity contribution in [1.82, 2.24) is 24.4 Å². The number of pyridine rings is 2. The van der Waals surface area contributed by atoms with Gasteiger partial charge in [0, 0.05) is 56.0 Å². The second-order valence-corrected chi connectivity index (χ2v) is 7.00. The highest BCUT2D eigenvalue weighted by atomic mass is 16.2. The molecule has 3 aromatic heterocycles.